The Hall–Kier alpha value is -2.01. The third-order valence-corrected chi connectivity index (χ3v) is 5.56. The molecule has 0 unspecified atom stereocenters. The van der Waals surface area contributed by atoms with Crippen LogP contribution in [-0.4, -0.2) is 8.42 Å². The van der Waals surface area contributed by atoms with E-state index < -0.39 is 10.0 Å². The van der Waals surface area contributed by atoms with E-state index >= 15 is 0 Å². The van der Waals surface area contributed by atoms with Gasteiger partial charge < -0.3 is 0 Å². The summed E-state index contributed by atoms with van der Waals surface area (Å²) in [4.78, 5) is 0.0553. The predicted molar refractivity (Wildman–Crippen MR) is 99.1 cm³/mol. The summed E-state index contributed by atoms with van der Waals surface area (Å²) in [5.74, 6) is 0. The van der Waals surface area contributed by atoms with E-state index in [1.165, 1.54) is 18.2 Å². The first-order valence-electron chi connectivity index (χ1n) is 7.10. The van der Waals surface area contributed by atoms with Crippen LogP contribution in [0.5, 0.6) is 0 Å². The molecule has 0 aliphatic rings. The molecule has 0 aromatic heterocycles. The molecule has 3 aromatic carbocycles. The van der Waals surface area contributed by atoms with Crippen LogP contribution in [0.2, 0.25) is 10.0 Å². The van der Waals surface area contributed by atoms with E-state index in [2.05, 4.69) is 4.72 Å². The van der Waals surface area contributed by atoms with Crippen LogP contribution in [0, 0.1) is 0 Å². The molecular formula is C18H13Cl2NO2S. The summed E-state index contributed by atoms with van der Waals surface area (Å²) in [7, 11) is -3.78. The van der Waals surface area contributed by atoms with Crippen LogP contribution in [-0.2, 0) is 10.0 Å². The lowest BCUT2D eigenvalue weighted by Gasteiger charge is -2.13. The van der Waals surface area contributed by atoms with Crippen LogP contribution in [0.15, 0.2) is 77.7 Å². The maximum absolute atomic E-state index is 12.6. The number of para-hydroxylation sites is 1. The Morgan fingerprint density at radius 2 is 1.42 bits per heavy atom. The van der Waals surface area contributed by atoms with E-state index in [0.29, 0.717) is 10.7 Å². The van der Waals surface area contributed by atoms with Crippen LogP contribution >= 0.6 is 23.2 Å². The van der Waals surface area contributed by atoms with Crippen molar-refractivity contribution in [2.75, 3.05) is 4.72 Å². The van der Waals surface area contributed by atoms with Crippen molar-refractivity contribution in [1.29, 1.82) is 0 Å². The highest BCUT2D eigenvalue weighted by Crippen LogP contribution is 2.30. The second-order valence-electron chi connectivity index (χ2n) is 5.09. The molecule has 0 saturated carbocycles. The standard InChI is InChI=1S/C18H13Cl2NO2S/c19-16-11-10-14(12-17(16)20)24(22,23)21-18-9-5-4-8-15(18)13-6-2-1-3-7-13/h1-12,21H. The van der Waals surface area contributed by atoms with Gasteiger partial charge in [-0.3, -0.25) is 4.72 Å². The highest BCUT2D eigenvalue weighted by molar-refractivity contribution is 7.92. The number of halogens is 2. The molecule has 0 bridgehead atoms. The van der Waals surface area contributed by atoms with Gasteiger partial charge in [0.2, 0.25) is 0 Å². The van der Waals surface area contributed by atoms with Crippen molar-refractivity contribution in [3.05, 3.63) is 82.8 Å². The van der Waals surface area contributed by atoms with Crippen molar-refractivity contribution in [2.24, 2.45) is 0 Å². The quantitative estimate of drug-likeness (QED) is 0.655. The molecule has 0 aliphatic heterocycles. The maximum atomic E-state index is 12.6. The SMILES string of the molecule is O=S(=O)(Nc1ccccc1-c1ccccc1)c1ccc(Cl)c(Cl)c1. The minimum Gasteiger partial charge on any atom is -0.279 e. The van der Waals surface area contributed by atoms with Gasteiger partial charge in [-0.15, -0.1) is 0 Å². The summed E-state index contributed by atoms with van der Waals surface area (Å²) < 4.78 is 27.9. The Morgan fingerprint density at radius 3 is 2.12 bits per heavy atom. The minimum atomic E-state index is -3.78. The lowest BCUT2D eigenvalue weighted by molar-refractivity contribution is 0.601. The van der Waals surface area contributed by atoms with Crippen LogP contribution < -0.4 is 4.72 Å². The van der Waals surface area contributed by atoms with Crippen molar-refractivity contribution in [3.8, 4) is 11.1 Å². The van der Waals surface area contributed by atoms with Gasteiger partial charge in [-0.05, 0) is 29.8 Å². The number of nitrogens with one attached hydrogen (secondary N) is 1. The normalized spacial score (nSPS) is 11.2. The second kappa shape index (κ2) is 6.85. The smallest absolute Gasteiger partial charge is 0.261 e. The Labute approximate surface area is 150 Å². The van der Waals surface area contributed by atoms with Crippen LogP contribution in [0.3, 0.4) is 0 Å². The molecule has 3 rings (SSSR count). The monoisotopic (exact) mass is 377 g/mol. The Kier molecular flexibility index (Phi) is 4.81. The summed E-state index contributed by atoms with van der Waals surface area (Å²) in [6.45, 7) is 0. The largest absolute Gasteiger partial charge is 0.279 e. The highest BCUT2D eigenvalue weighted by atomic mass is 35.5. The number of anilines is 1. The summed E-state index contributed by atoms with van der Waals surface area (Å²) in [5.41, 5.74) is 2.21. The fourth-order valence-corrected chi connectivity index (χ4v) is 3.76. The number of hydrogen-bond acceptors (Lipinski definition) is 2. The molecule has 3 aromatic rings. The molecule has 122 valence electrons. The van der Waals surface area contributed by atoms with E-state index in [9.17, 15) is 8.42 Å². The fraction of sp³-hybridized carbons (Fsp3) is 0. The lowest BCUT2D eigenvalue weighted by atomic mass is 10.0. The number of rotatable bonds is 4. The lowest BCUT2D eigenvalue weighted by Crippen LogP contribution is -2.13. The number of benzene rings is 3. The number of sulfonamides is 1. The van der Waals surface area contributed by atoms with E-state index in [1.54, 1.807) is 12.1 Å². The van der Waals surface area contributed by atoms with E-state index in [0.717, 1.165) is 11.1 Å². The third-order valence-electron chi connectivity index (χ3n) is 3.46. The molecule has 0 aliphatic carbocycles. The second-order valence-corrected chi connectivity index (χ2v) is 7.59. The average Bonchev–Trinajstić information content (AvgIpc) is 2.58. The van der Waals surface area contributed by atoms with Crippen LogP contribution in [0.1, 0.15) is 0 Å². The van der Waals surface area contributed by atoms with E-state index in [1.807, 2.05) is 42.5 Å². The Morgan fingerprint density at radius 1 is 0.750 bits per heavy atom. The maximum Gasteiger partial charge on any atom is 0.261 e. The molecule has 6 heteroatoms. The van der Waals surface area contributed by atoms with Crippen molar-refractivity contribution in [1.82, 2.24) is 0 Å². The molecule has 0 fully saturated rings. The molecule has 0 saturated heterocycles. The molecule has 0 heterocycles. The van der Waals surface area contributed by atoms with Crippen molar-refractivity contribution in [2.45, 2.75) is 4.90 Å². The van der Waals surface area contributed by atoms with E-state index in [-0.39, 0.29) is 9.92 Å². The zero-order valence-electron chi connectivity index (χ0n) is 12.4. The van der Waals surface area contributed by atoms with Crippen molar-refractivity contribution in [3.63, 3.8) is 0 Å². The molecule has 0 spiro atoms. The first-order chi connectivity index (χ1) is 11.5. The number of hydrogen-bond donors (Lipinski definition) is 1. The van der Waals surface area contributed by atoms with Gasteiger partial charge in [0.05, 0.1) is 20.6 Å². The highest BCUT2D eigenvalue weighted by Gasteiger charge is 2.17. The van der Waals surface area contributed by atoms with Gasteiger partial charge in [0.1, 0.15) is 0 Å². The molecule has 3 nitrogen and oxygen atoms in total. The minimum absolute atomic E-state index is 0.0553. The van der Waals surface area contributed by atoms with Crippen molar-refractivity contribution < 1.29 is 8.42 Å². The van der Waals surface area contributed by atoms with Gasteiger partial charge in [0, 0.05) is 5.56 Å². The molecule has 1 N–H and O–H groups in total. The van der Waals surface area contributed by atoms with Crippen LogP contribution in [0.25, 0.3) is 11.1 Å². The molecule has 24 heavy (non-hydrogen) atoms. The molecule has 0 amide bonds. The topological polar surface area (TPSA) is 46.2 Å². The van der Waals surface area contributed by atoms with E-state index in [4.69, 9.17) is 23.2 Å². The summed E-state index contributed by atoms with van der Waals surface area (Å²) >= 11 is 11.8. The molecule has 0 atom stereocenters. The van der Waals surface area contributed by atoms with Gasteiger partial charge >= 0.3 is 0 Å². The Bertz CT molecular complexity index is 973. The predicted octanol–water partition coefficient (Wildman–Crippen LogP) is 5.46. The Balaban J connectivity index is 2.01. The third kappa shape index (κ3) is 3.56. The zero-order chi connectivity index (χ0) is 17.2. The summed E-state index contributed by atoms with van der Waals surface area (Å²) in [5, 5.41) is 0.496. The van der Waals surface area contributed by atoms with Crippen LogP contribution in [0.4, 0.5) is 5.69 Å². The summed E-state index contributed by atoms with van der Waals surface area (Å²) in [6, 6.07) is 21.0. The zero-order valence-corrected chi connectivity index (χ0v) is 14.7. The first-order valence-corrected chi connectivity index (χ1v) is 9.33. The van der Waals surface area contributed by atoms with Gasteiger partial charge in [-0.2, -0.15) is 0 Å². The molecular weight excluding hydrogens is 365 g/mol. The van der Waals surface area contributed by atoms with Gasteiger partial charge in [-0.1, -0.05) is 71.7 Å². The van der Waals surface area contributed by atoms with Gasteiger partial charge in [0.25, 0.3) is 10.0 Å². The van der Waals surface area contributed by atoms with Gasteiger partial charge in [-0.25, -0.2) is 8.42 Å². The fourth-order valence-electron chi connectivity index (χ4n) is 2.29. The summed E-state index contributed by atoms with van der Waals surface area (Å²) in [6.07, 6.45) is 0. The average molecular weight is 378 g/mol. The first kappa shape index (κ1) is 16.8. The van der Waals surface area contributed by atoms with Gasteiger partial charge in [0.15, 0.2) is 0 Å². The molecule has 0 radical (unpaired) electrons. The van der Waals surface area contributed by atoms with Crippen molar-refractivity contribution >= 4 is 38.9 Å².